The second-order valence-corrected chi connectivity index (χ2v) is 7.16. The molecule has 3 rings (SSSR count). The Hall–Kier alpha value is -2.31. The Bertz CT molecular complexity index is 762. The highest BCUT2D eigenvalue weighted by atomic mass is 16.5. The lowest BCUT2D eigenvalue weighted by molar-refractivity contribution is 0.0527. The maximum Gasteiger partial charge on any atom is 0.341 e. The number of ether oxygens (including phenoxy) is 1. The van der Waals surface area contributed by atoms with E-state index in [1.807, 2.05) is 13.0 Å². The van der Waals surface area contributed by atoms with E-state index < -0.39 is 0 Å². The predicted molar refractivity (Wildman–Crippen MR) is 112 cm³/mol. The van der Waals surface area contributed by atoms with Gasteiger partial charge in [-0.2, -0.15) is 0 Å². The summed E-state index contributed by atoms with van der Waals surface area (Å²) in [5.74, 6) is 0.537. The van der Waals surface area contributed by atoms with E-state index in [1.54, 1.807) is 0 Å². The molecular formula is C22H31N3O3. The van der Waals surface area contributed by atoms with Crippen LogP contribution in [0.15, 0.2) is 30.3 Å². The lowest BCUT2D eigenvalue weighted by Gasteiger charge is -2.35. The van der Waals surface area contributed by atoms with Crippen molar-refractivity contribution in [3.05, 3.63) is 41.5 Å². The molecule has 0 radical (unpaired) electrons. The van der Waals surface area contributed by atoms with Crippen LogP contribution in [-0.4, -0.2) is 66.9 Å². The first kappa shape index (κ1) is 20.4. The van der Waals surface area contributed by atoms with Gasteiger partial charge < -0.3 is 19.7 Å². The number of β-amino-alcohol motifs (C(OH)–C–C–N with tert-alkyl or cyclic N) is 1. The van der Waals surface area contributed by atoms with Crippen LogP contribution >= 0.6 is 0 Å². The van der Waals surface area contributed by atoms with Crippen molar-refractivity contribution >= 4 is 11.8 Å². The topological polar surface area (TPSA) is 68.8 Å². The third kappa shape index (κ3) is 4.75. The van der Waals surface area contributed by atoms with Crippen molar-refractivity contribution in [1.82, 2.24) is 9.88 Å². The number of aliphatic hydroxyl groups excluding tert-OH is 1. The van der Waals surface area contributed by atoms with Crippen molar-refractivity contribution in [3.8, 4) is 11.3 Å². The molecule has 0 aliphatic carbocycles. The number of benzene rings is 1. The fourth-order valence-electron chi connectivity index (χ4n) is 3.69. The maximum absolute atomic E-state index is 12.5. The fourth-order valence-corrected chi connectivity index (χ4v) is 3.69. The number of anilines is 1. The number of carbonyl (C=O) groups is 1. The summed E-state index contributed by atoms with van der Waals surface area (Å²) >= 11 is 0. The maximum atomic E-state index is 12.5. The molecular weight excluding hydrogens is 354 g/mol. The molecule has 152 valence electrons. The predicted octanol–water partition coefficient (Wildman–Crippen LogP) is 2.93. The molecule has 1 aliphatic heterocycles. The lowest BCUT2D eigenvalue weighted by Crippen LogP contribution is -2.47. The van der Waals surface area contributed by atoms with Gasteiger partial charge in [-0.1, -0.05) is 37.6 Å². The van der Waals surface area contributed by atoms with E-state index in [0.717, 1.165) is 56.1 Å². The van der Waals surface area contributed by atoms with Crippen molar-refractivity contribution in [2.24, 2.45) is 0 Å². The summed E-state index contributed by atoms with van der Waals surface area (Å²) in [6.07, 6.45) is 2.20. The highest BCUT2D eigenvalue weighted by molar-refractivity contribution is 5.97. The van der Waals surface area contributed by atoms with Crippen LogP contribution in [-0.2, 0) is 11.2 Å². The molecule has 1 saturated heterocycles. The highest BCUT2D eigenvalue weighted by Crippen LogP contribution is 2.29. The molecule has 2 N–H and O–H groups in total. The van der Waals surface area contributed by atoms with Gasteiger partial charge in [0, 0.05) is 38.4 Å². The van der Waals surface area contributed by atoms with Crippen molar-refractivity contribution in [1.29, 1.82) is 0 Å². The number of nitrogens with one attached hydrogen (secondary N) is 1. The standard InChI is InChI=1S/C22H31N3O3/c1-3-5-17-6-8-18(9-7-17)20-16-19(22(27)28-4-2)21(23-20)25-12-10-24(11-13-25)14-15-26/h6-9,16,23,26H,3-5,10-15H2,1-2H3. The summed E-state index contributed by atoms with van der Waals surface area (Å²) in [4.78, 5) is 20.4. The Morgan fingerprint density at radius 2 is 1.86 bits per heavy atom. The SMILES string of the molecule is CCCc1ccc(-c2cc(C(=O)OCC)c(N3CCN(CCO)CC3)[nH]2)cc1. The Morgan fingerprint density at radius 3 is 2.46 bits per heavy atom. The molecule has 1 aliphatic rings. The summed E-state index contributed by atoms with van der Waals surface area (Å²) in [5, 5.41) is 9.14. The molecule has 0 spiro atoms. The van der Waals surface area contributed by atoms with Crippen LogP contribution in [0.3, 0.4) is 0 Å². The normalized spacial score (nSPS) is 15.0. The third-order valence-corrected chi connectivity index (χ3v) is 5.20. The Morgan fingerprint density at radius 1 is 1.14 bits per heavy atom. The fraction of sp³-hybridized carbons (Fsp3) is 0.500. The number of hydrogen-bond donors (Lipinski definition) is 2. The first-order valence-electron chi connectivity index (χ1n) is 10.2. The number of rotatable bonds is 8. The molecule has 0 atom stereocenters. The third-order valence-electron chi connectivity index (χ3n) is 5.20. The summed E-state index contributed by atoms with van der Waals surface area (Å²) in [5.41, 5.74) is 3.91. The van der Waals surface area contributed by atoms with Crippen molar-refractivity contribution in [3.63, 3.8) is 0 Å². The monoisotopic (exact) mass is 385 g/mol. The number of aromatic nitrogens is 1. The second kappa shape index (κ2) is 9.75. The van der Waals surface area contributed by atoms with Crippen molar-refractivity contribution < 1.29 is 14.6 Å². The first-order chi connectivity index (χ1) is 13.7. The number of aromatic amines is 1. The van der Waals surface area contributed by atoms with Gasteiger partial charge >= 0.3 is 5.97 Å². The molecule has 6 nitrogen and oxygen atoms in total. The van der Waals surface area contributed by atoms with Crippen LogP contribution in [0.5, 0.6) is 0 Å². The van der Waals surface area contributed by atoms with Gasteiger partial charge in [0.25, 0.3) is 0 Å². The minimum Gasteiger partial charge on any atom is -0.462 e. The molecule has 0 amide bonds. The number of piperazine rings is 1. The molecule has 1 fully saturated rings. The van der Waals surface area contributed by atoms with E-state index in [0.29, 0.717) is 18.7 Å². The van der Waals surface area contributed by atoms with Gasteiger partial charge in [0.1, 0.15) is 11.4 Å². The van der Waals surface area contributed by atoms with Crippen LogP contribution in [0.1, 0.15) is 36.2 Å². The zero-order chi connectivity index (χ0) is 19.9. The smallest absolute Gasteiger partial charge is 0.341 e. The zero-order valence-electron chi connectivity index (χ0n) is 16.9. The van der Waals surface area contributed by atoms with Crippen molar-refractivity contribution in [2.45, 2.75) is 26.7 Å². The van der Waals surface area contributed by atoms with E-state index in [1.165, 1.54) is 5.56 Å². The van der Waals surface area contributed by atoms with Crippen LogP contribution in [0.2, 0.25) is 0 Å². The van der Waals surface area contributed by atoms with E-state index >= 15 is 0 Å². The average Bonchev–Trinajstić information content (AvgIpc) is 3.15. The second-order valence-electron chi connectivity index (χ2n) is 7.16. The number of nitrogens with zero attached hydrogens (tertiary/aromatic N) is 2. The molecule has 2 heterocycles. The number of carbonyl (C=O) groups excluding carboxylic acids is 1. The average molecular weight is 386 g/mol. The van der Waals surface area contributed by atoms with Gasteiger partial charge in [-0.05, 0) is 30.5 Å². The number of esters is 1. The molecule has 0 bridgehead atoms. The minimum absolute atomic E-state index is 0.175. The summed E-state index contributed by atoms with van der Waals surface area (Å²) in [6.45, 7) is 8.57. The van der Waals surface area contributed by atoms with Gasteiger partial charge in [-0.3, -0.25) is 4.90 Å². The number of H-pyrrole nitrogens is 1. The minimum atomic E-state index is -0.291. The van der Waals surface area contributed by atoms with E-state index in [-0.39, 0.29) is 12.6 Å². The zero-order valence-corrected chi connectivity index (χ0v) is 16.9. The largest absolute Gasteiger partial charge is 0.462 e. The molecule has 0 unspecified atom stereocenters. The lowest BCUT2D eigenvalue weighted by atomic mass is 10.1. The first-order valence-corrected chi connectivity index (χ1v) is 10.2. The quantitative estimate of drug-likeness (QED) is 0.684. The summed E-state index contributed by atoms with van der Waals surface area (Å²) < 4.78 is 5.29. The highest BCUT2D eigenvalue weighted by Gasteiger charge is 2.25. The molecule has 2 aromatic rings. The Kier molecular flexibility index (Phi) is 7.12. The van der Waals surface area contributed by atoms with Gasteiger partial charge in [-0.15, -0.1) is 0 Å². The number of aryl methyl sites for hydroxylation is 1. The number of aliphatic hydroxyl groups is 1. The summed E-state index contributed by atoms with van der Waals surface area (Å²) in [7, 11) is 0. The van der Waals surface area contributed by atoms with E-state index in [2.05, 4.69) is 46.0 Å². The number of hydrogen-bond acceptors (Lipinski definition) is 5. The molecule has 28 heavy (non-hydrogen) atoms. The summed E-state index contributed by atoms with van der Waals surface area (Å²) in [6, 6.07) is 10.4. The Labute approximate surface area is 167 Å². The van der Waals surface area contributed by atoms with E-state index in [9.17, 15) is 4.79 Å². The van der Waals surface area contributed by atoms with Gasteiger partial charge in [0.15, 0.2) is 0 Å². The molecule has 0 saturated carbocycles. The van der Waals surface area contributed by atoms with Crippen LogP contribution in [0.25, 0.3) is 11.3 Å². The van der Waals surface area contributed by atoms with Gasteiger partial charge in [0.2, 0.25) is 0 Å². The molecule has 6 heteroatoms. The van der Waals surface area contributed by atoms with Gasteiger partial charge in [-0.25, -0.2) is 4.79 Å². The Balaban J connectivity index is 1.85. The van der Waals surface area contributed by atoms with Crippen LogP contribution in [0.4, 0.5) is 5.82 Å². The van der Waals surface area contributed by atoms with Gasteiger partial charge in [0.05, 0.1) is 13.2 Å². The molecule has 1 aromatic carbocycles. The molecule has 1 aromatic heterocycles. The van der Waals surface area contributed by atoms with E-state index in [4.69, 9.17) is 9.84 Å². The van der Waals surface area contributed by atoms with Crippen LogP contribution < -0.4 is 4.90 Å². The van der Waals surface area contributed by atoms with Crippen LogP contribution in [0, 0.1) is 0 Å². The van der Waals surface area contributed by atoms with Crippen molar-refractivity contribution in [2.75, 3.05) is 50.8 Å².